The molecule has 34 heavy (non-hydrogen) atoms. The first-order valence-electron chi connectivity index (χ1n) is 11.2. The van der Waals surface area contributed by atoms with Crippen molar-refractivity contribution < 1.29 is 28.7 Å². The summed E-state index contributed by atoms with van der Waals surface area (Å²) in [5, 5.41) is 9.70. The number of imide groups is 1. The Morgan fingerprint density at radius 3 is 2.44 bits per heavy atom. The zero-order valence-corrected chi connectivity index (χ0v) is 20.5. The van der Waals surface area contributed by atoms with Crippen LogP contribution in [-0.4, -0.2) is 38.9 Å². The minimum Gasteiger partial charge on any atom is -0.505 e. The first-order valence-corrected chi connectivity index (χ1v) is 12.0. The number of benzene rings is 1. The Morgan fingerprint density at radius 2 is 1.79 bits per heavy atom. The highest BCUT2D eigenvalue weighted by molar-refractivity contribution is 9.12. The maximum atomic E-state index is 14.4. The molecule has 1 aromatic rings. The van der Waals surface area contributed by atoms with Gasteiger partial charge in [-0.15, -0.1) is 0 Å². The first kappa shape index (κ1) is 22.9. The van der Waals surface area contributed by atoms with Gasteiger partial charge in [0, 0.05) is 28.7 Å². The van der Waals surface area contributed by atoms with Gasteiger partial charge >= 0.3 is 0 Å². The molecule has 0 spiro atoms. The van der Waals surface area contributed by atoms with Crippen molar-refractivity contribution in [1.82, 2.24) is 4.90 Å². The molecule has 1 saturated heterocycles. The van der Waals surface area contributed by atoms with Gasteiger partial charge < -0.3 is 5.11 Å². The van der Waals surface area contributed by atoms with Crippen LogP contribution in [0.5, 0.6) is 5.75 Å². The molecule has 8 heteroatoms. The van der Waals surface area contributed by atoms with Crippen LogP contribution >= 0.6 is 15.9 Å². The Morgan fingerprint density at radius 1 is 1.09 bits per heavy atom. The molecule has 6 nitrogen and oxygen atoms in total. The number of phenolic OH excluding ortho intramolecular Hbond substituents is 1. The topological polar surface area (TPSA) is 91.8 Å². The van der Waals surface area contributed by atoms with E-state index in [2.05, 4.69) is 15.9 Å². The normalized spacial score (nSPS) is 29.0. The number of fused-ring (bicyclic) bond motifs is 3. The molecule has 1 heterocycles. The van der Waals surface area contributed by atoms with Crippen LogP contribution < -0.4 is 0 Å². The molecule has 1 aromatic carbocycles. The van der Waals surface area contributed by atoms with Gasteiger partial charge in [0.15, 0.2) is 23.1 Å². The number of likely N-dealkylation sites (tertiary alicyclic amines) is 1. The van der Waals surface area contributed by atoms with Crippen LogP contribution in [0.25, 0.3) is 0 Å². The van der Waals surface area contributed by atoms with Crippen molar-refractivity contribution in [2.75, 3.05) is 0 Å². The average molecular weight is 528 g/mol. The number of hydrogen-bond donors (Lipinski definition) is 1. The fraction of sp³-hybridized carbons (Fsp3) is 0.385. The number of carbonyl (C=O) groups excluding carboxylic acids is 4. The highest BCUT2D eigenvalue weighted by atomic mass is 79.9. The maximum absolute atomic E-state index is 14.4. The summed E-state index contributed by atoms with van der Waals surface area (Å²) in [6.07, 6.45) is 3.59. The van der Waals surface area contributed by atoms with Crippen LogP contribution in [0.1, 0.15) is 45.1 Å². The highest BCUT2D eigenvalue weighted by Gasteiger charge is 2.58. The van der Waals surface area contributed by atoms with E-state index in [9.17, 15) is 28.7 Å². The van der Waals surface area contributed by atoms with Crippen LogP contribution in [0.2, 0.25) is 0 Å². The molecule has 0 radical (unpaired) electrons. The molecule has 3 aliphatic carbocycles. The molecule has 0 saturated carbocycles. The SMILES string of the molecule is CC(C)(C)N1C(=O)C2CC=C3C(c4ccc(O)c(F)c4)C4=C(CC3C2C1=O)C(=O)C(Br)=CC4=O. The Hall–Kier alpha value is -2.87. The van der Waals surface area contributed by atoms with E-state index in [1.54, 1.807) is 0 Å². The number of amides is 2. The molecular formula is C26H23BrFNO5. The maximum Gasteiger partial charge on any atom is 0.234 e. The van der Waals surface area contributed by atoms with Gasteiger partial charge in [0.1, 0.15) is 0 Å². The molecule has 1 N–H and O–H groups in total. The largest absolute Gasteiger partial charge is 0.505 e. The Balaban J connectivity index is 1.69. The smallest absolute Gasteiger partial charge is 0.234 e. The second kappa shape index (κ2) is 7.57. The number of phenols is 1. The highest BCUT2D eigenvalue weighted by Crippen LogP contribution is 2.55. The van der Waals surface area contributed by atoms with Crippen LogP contribution in [0.15, 0.2) is 51.6 Å². The summed E-state index contributed by atoms with van der Waals surface area (Å²) in [4.78, 5) is 54.3. The standard InChI is InChI=1S/C26H23BrFNO5/c1-26(2,3)29-24(33)13-6-5-12-14(21(13)25(29)34)9-15-22(19(31)10-16(27)23(15)32)20(12)11-4-7-18(30)17(28)8-11/h4-5,7-8,10,13-14,20-21,30H,6,9H2,1-3H3. The number of Topliss-reactive ketones (excluding diaryl/α,β-unsaturated/α-hetero) is 1. The predicted octanol–water partition coefficient (Wildman–Crippen LogP) is 4.09. The van der Waals surface area contributed by atoms with Crippen molar-refractivity contribution >= 4 is 39.3 Å². The summed E-state index contributed by atoms with van der Waals surface area (Å²) < 4.78 is 14.5. The van der Waals surface area contributed by atoms with E-state index in [0.717, 1.165) is 11.6 Å². The summed E-state index contributed by atoms with van der Waals surface area (Å²) >= 11 is 3.17. The van der Waals surface area contributed by atoms with Crippen LogP contribution in [-0.2, 0) is 19.2 Å². The van der Waals surface area contributed by atoms with Gasteiger partial charge in [0.05, 0.1) is 16.3 Å². The lowest BCUT2D eigenvalue weighted by Crippen LogP contribution is -2.46. The molecule has 1 aliphatic heterocycles. The van der Waals surface area contributed by atoms with Gasteiger partial charge in [0.25, 0.3) is 0 Å². The van der Waals surface area contributed by atoms with E-state index in [1.807, 2.05) is 26.8 Å². The minimum atomic E-state index is -0.839. The summed E-state index contributed by atoms with van der Waals surface area (Å²) in [5.74, 6) is -4.97. The third kappa shape index (κ3) is 3.18. The van der Waals surface area contributed by atoms with Gasteiger partial charge in [0.2, 0.25) is 11.8 Å². The molecule has 0 aromatic heterocycles. The van der Waals surface area contributed by atoms with E-state index in [4.69, 9.17) is 0 Å². The fourth-order valence-corrected chi connectivity index (χ4v) is 6.40. The van der Waals surface area contributed by atoms with Gasteiger partial charge in [-0.1, -0.05) is 17.7 Å². The van der Waals surface area contributed by atoms with Gasteiger partial charge in [-0.05, 0) is 73.2 Å². The van der Waals surface area contributed by atoms with E-state index < -0.39 is 40.8 Å². The van der Waals surface area contributed by atoms with E-state index in [1.165, 1.54) is 23.1 Å². The quantitative estimate of drug-likeness (QED) is 0.337. The lowest BCUT2D eigenvalue weighted by Gasteiger charge is -2.42. The zero-order valence-electron chi connectivity index (χ0n) is 18.9. The zero-order chi connectivity index (χ0) is 24.7. The van der Waals surface area contributed by atoms with Crippen molar-refractivity contribution in [3.05, 3.63) is 62.9 Å². The number of carbonyl (C=O) groups is 4. The molecule has 4 atom stereocenters. The Labute approximate surface area is 204 Å². The number of rotatable bonds is 1. The molecule has 5 rings (SSSR count). The van der Waals surface area contributed by atoms with Crippen molar-refractivity contribution in [3.63, 3.8) is 0 Å². The van der Waals surface area contributed by atoms with Crippen molar-refractivity contribution in [2.45, 2.75) is 45.1 Å². The lowest BCUT2D eigenvalue weighted by atomic mass is 9.59. The second-order valence-corrected chi connectivity index (χ2v) is 11.1. The summed E-state index contributed by atoms with van der Waals surface area (Å²) in [5.41, 5.74) is 1.02. The van der Waals surface area contributed by atoms with Gasteiger partial charge in [-0.2, -0.15) is 0 Å². The number of allylic oxidation sites excluding steroid dienone is 6. The first-order chi connectivity index (χ1) is 15.9. The van der Waals surface area contributed by atoms with Gasteiger partial charge in [-0.3, -0.25) is 24.1 Å². The van der Waals surface area contributed by atoms with Crippen LogP contribution in [0.3, 0.4) is 0 Å². The minimum absolute atomic E-state index is 0.136. The van der Waals surface area contributed by atoms with Crippen molar-refractivity contribution in [1.29, 1.82) is 0 Å². The summed E-state index contributed by atoms with van der Waals surface area (Å²) in [7, 11) is 0. The molecule has 176 valence electrons. The molecular weight excluding hydrogens is 505 g/mol. The van der Waals surface area contributed by atoms with Crippen LogP contribution in [0.4, 0.5) is 4.39 Å². The molecule has 4 aliphatic rings. The third-order valence-corrected chi connectivity index (χ3v) is 7.90. The number of ketones is 2. The van der Waals surface area contributed by atoms with Crippen molar-refractivity contribution in [2.24, 2.45) is 17.8 Å². The number of aromatic hydroxyl groups is 1. The lowest BCUT2D eigenvalue weighted by molar-refractivity contribution is -0.145. The fourth-order valence-electron chi connectivity index (χ4n) is 5.95. The third-order valence-electron chi connectivity index (χ3n) is 7.31. The molecule has 2 amide bonds. The Kier molecular flexibility index (Phi) is 5.10. The van der Waals surface area contributed by atoms with E-state index >= 15 is 0 Å². The molecule has 0 bridgehead atoms. The molecule has 1 fully saturated rings. The Bertz CT molecular complexity index is 1280. The average Bonchev–Trinajstić information content (AvgIpc) is 3.03. The second-order valence-electron chi connectivity index (χ2n) is 10.3. The van der Waals surface area contributed by atoms with Crippen LogP contribution in [0, 0.1) is 23.6 Å². The number of halogens is 2. The van der Waals surface area contributed by atoms with E-state index in [-0.39, 0.29) is 45.4 Å². The predicted molar refractivity (Wildman–Crippen MR) is 124 cm³/mol. The molecule has 4 unspecified atom stereocenters. The van der Waals surface area contributed by atoms with Gasteiger partial charge in [-0.25, -0.2) is 4.39 Å². The number of nitrogens with zero attached hydrogens (tertiary/aromatic N) is 1. The summed E-state index contributed by atoms with van der Waals surface area (Å²) in [6.45, 7) is 5.43. The van der Waals surface area contributed by atoms with Crippen molar-refractivity contribution in [3.8, 4) is 5.75 Å². The number of hydrogen-bond acceptors (Lipinski definition) is 5. The summed E-state index contributed by atoms with van der Waals surface area (Å²) in [6, 6.07) is 3.90. The van der Waals surface area contributed by atoms with E-state index in [0.29, 0.717) is 12.0 Å². The monoisotopic (exact) mass is 527 g/mol.